The molecule has 0 atom stereocenters. The van der Waals surface area contributed by atoms with Gasteiger partial charge < -0.3 is 0 Å². The predicted molar refractivity (Wildman–Crippen MR) is 73.0 cm³/mol. The molecular formula is C16F24. The molecule has 0 spiro atoms. The molecule has 40 heavy (non-hydrogen) atoms. The van der Waals surface area contributed by atoms with E-state index in [0.29, 0.717) is 0 Å². The number of fused-ring (bicyclic) bond motifs is 1. The first-order valence-electron chi connectivity index (χ1n) is 8.79. The molecule has 0 aliphatic heterocycles. The lowest BCUT2D eigenvalue weighted by molar-refractivity contribution is -0.558. The van der Waals surface area contributed by atoms with Crippen LogP contribution < -0.4 is 0 Å². The molecule has 232 valence electrons. The van der Waals surface area contributed by atoms with Crippen LogP contribution in [0.1, 0.15) is 11.1 Å². The molecule has 0 radical (unpaired) electrons. The van der Waals surface area contributed by atoms with Crippen LogP contribution in [0.3, 0.4) is 0 Å². The smallest absolute Gasteiger partial charge is 0.203 e. The van der Waals surface area contributed by atoms with Crippen molar-refractivity contribution in [3.05, 3.63) is 34.4 Å². The molecular weight excluding hydrogens is 648 g/mol. The van der Waals surface area contributed by atoms with Crippen LogP contribution in [-0.4, -0.2) is 37.1 Å². The van der Waals surface area contributed by atoms with Crippen LogP contribution >= 0.6 is 0 Å². The highest BCUT2D eigenvalue weighted by Crippen LogP contribution is 2.87. The number of hydrogen-bond acceptors (Lipinski definition) is 0. The van der Waals surface area contributed by atoms with Crippen LogP contribution in [0.2, 0.25) is 0 Å². The van der Waals surface area contributed by atoms with E-state index in [9.17, 15) is 96.6 Å². The third kappa shape index (κ3) is 3.23. The zero-order chi connectivity index (χ0) is 32.5. The normalized spacial score (nSPS) is 21.3. The highest BCUT2D eigenvalue weighted by molar-refractivity contribution is 5.54. The van der Waals surface area contributed by atoms with Gasteiger partial charge >= 0.3 is 43.0 Å². The largest absolute Gasteiger partial charge is 0.410 e. The van der Waals surface area contributed by atoms with Gasteiger partial charge in [0, 0.05) is 5.56 Å². The van der Waals surface area contributed by atoms with Gasteiger partial charge in [-0.1, -0.05) is 0 Å². The molecule has 1 aliphatic rings. The molecule has 2 rings (SSSR count). The number of hydrogen-bond donors (Lipinski definition) is 0. The second-order valence-electron chi connectivity index (χ2n) is 7.82. The Labute approximate surface area is 200 Å². The van der Waals surface area contributed by atoms with Gasteiger partial charge in [0.1, 0.15) is 0 Å². The zero-order valence-electron chi connectivity index (χ0n) is 17.1. The van der Waals surface area contributed by atoms with Crippen molar-refractivity contribution >= 4 is 0 Å². The lowest BCUT2D eigenvalue weighted by Crippen LogP contribution is -2.88. The summed E-state index contributed by atoms with van der Waals surface area (Å²) in [6.45, 7) is 0. The summed E-state index contributed by atoms with van der Waals surface area (Å²) in [7, 11) is 0. The second kappa shape index (κ2) is 8.09. The van der Waals surface area contributed by atoms with Gasteiger partial charge in [0.25, 0.3) is 5.41 Å². The van der Waals surface area contributed by atoms with Crippen LogP contribution in [0, 0.1) is 34.1 Å². The van der Waals surface area contributed by atoms with Crippen molar-refractivity contribution in [1.82, 2.24) is 0 Å². The summed E-state index contributed by atoms with van der Waals surface area (Å²) in [5.74, 6) is -27.1. The van der Waals surface area contributed by atoms with Gasteiger partial charge in [-0.25, -0.2) is 17.6 Å². The van der Waals surface area contributed by atoms with Crippen molar-refractivity contribution in [1.29, 1.82) is 0 Å². The topological polar surface area (TPSA) is 0 Å². The Kier molecular flexibility index (Phi) is 6.82. The minimum absolute atomic E-state index is 4.24. The molecule has 0 bridgehead atoms. The fourth-order valence-electron chi connectivity index (χ4n) is 4.99. The maximum absolute atomic E-state index is 15.1. The molecule has 0 amide bonds. The maximum atomic E-state index is 15.1. The molecule has 0 saturated heterocycles. The van der Waals surface area contributed by atoms with E-state index in [-0.39, 0.29) is 0 Å². The van der Waals surface area contributed by atoms with Crippen molar-refractivity contribution in [2.45, 2.75) is 48.4 Å². The Morgan fingerprint density at radius 3 is 0.800 bits per heavy atom. The SMILES string of the molecule is Fc1c(F)c(F)c2c(c1F)C(F)(F)C(C(F)(F)F)(C(F)(F)F)C(C(F)(F)F)(C(F)(F)F)C2(C(F)(F)F)C(F)(F)F. The highest BCUT2D eigenvalue weighted by Gasteiger charge is 3.11. The quantitative estimate of drug-likeness (QED) is 0.150. The summed E-state index contributed by atoms with van der Waals surface area (Å²) in [5, 5.41) is 0. The van der Waals surface area contributed by atoms with E-state index >= 15 is 8.78 Å². The van der Waals surface area contributed by atoms with Gasteiger partial charge in [0.05, 0.1) is 5.56 Å². The predicted octanol–water partition coefficient (Wildman–Crippen LogP) is 8.93. The minimum atomic E-state index is -10.1. The maximum Gasteiger partial charge on any atom is 0.410 e. The summed E-state index contributed by atoms with van der Waals surface area (Å²) < 4.78 is 337. The van der Waals surface area contributed by atoms with Crippen molar-refractivity contribution in [2.24, 2.45) is 10.8 Å². The van der Waals surface area contributed by atoms with E-state index in [0.717, 1.165) is 0 Å². The average molecular weight is 648 g/mol. The second-order valence-corrected chi connectivity index (χ2v) is 7.82. The van der Waals surface area contributed by atoms with Gasteiger partial charge in [-0.2, -0.15) is 87.8 Å². The number of halogens is 24. The molecule has 0 saturated carbocycles. The zero-order valence-corrected chi connectivity index (χ0v) is 17.1. The van der Waals surface area contributed by atoms with E-state index in [2.05, 4.69) is 0 Å². The van der Waals surface area contributed by atoms with Gasteiger partial charge in [-0.15, -0.1) is 0 Å². The van der Waals surface area contributed by atoms with Crippen molar-refractivity contribution in [2.75, 3.05) is 0 Å². The Bertz CT molecular complexity index is 1130. The minimum Gasteiger partial charge on any atom is -0.203 e. The number of alkyl halides is 20. The molecule has 0 heterocycles. The number of benzene rings is 1. The summed E-state index contributed by atoms with van der Waals surface area (Å²) >= 11 is 0. The fraction of sp³-hybridized carbons (Fsp3) is 0.625. The van der Waals surface area contributed by atoms with Crippen LogP contribution in [0.5, 0.6) is 0 Å². The van der Waals surface area contributed by atoms with E-state index in [4.69, 9.17) is 0 Å². The average Bonchev–Trinajstić information content (AvgIpc) is 2.62. The summed E-state index contributed by atoms with van der Waals surface area (Å²) in [5.41, 5.74) is -39.9. The molecule has 1 aromatic rings. The third-order valence-corrected chi connectivity index (χ3v) is 6.10. The number of rotatable bonds is 0. The summed E-state index contributed by atoms with van der Waals surface area (Å²) in [4.78, 5) is 0. The van der Waals surface area contributed by atoms with Gasteiger partial charge in [0.2, 0.25) is 10.8 Å². The molecule has 0 unspecified atom stereocenters. The summed E-state index contributed by atoms with van der Waals surface area (Å²) in [6, 6.07) is 0. The molecule has 0 fully saturated rings. The van der Waals surface area contributed by atoms with Gasteiger partial charge in [-0.05, 0) is 0 Å². The van der Waals surface area contributed by atoms with Crippen molar-refractivity contribution < 1.29 is 105 Å². The Morgan fingerprint density at radius 1 is 0.325 bits per heavy atom. The van der Waals surface area contributed by atoms with Gasteiger partial charge in [0.15, 0.2) is 23.3 Å². The van der Waals surface area contributed by atoms with Crippen molar-refractivity contribution in [3.63, 3.8) is 0 Å². The van der Waals surface area contributed by atoms with Crippen LogP contribution in [0.4, 0.5) is 105 Å². The van der Waals surface area contributed by atoms with Crippen LogP contribution in [0.15, 0.2) is 0 Å². The van der Waals surface area contributed by atoms with Crippen LogP contribution in [0.25, 0.3) is 0 Å². The molecule has 1 aliphatic carbocycles. The molecule has 0 aromatic heterocycles. The third-order valence-electron chi connectivity index (χ3n) is 6.10. The lowest BCUT2D eigenvalue weighted by atomic mass is 9.39. The monoisotopic (exact) mass is 648 g/mol. The first-order chi connectivity index (χ1) is 17.1. The first-order valence-corrected chi connectivity index (χ1v) is 8.79. The van der Waals surface area contributed by atoms with E-state index in [1.54, 1.807) is 0 Å². The fourth-order valence-corrected chi connectivity index (χ4v) is 4.99. The van der Waals surface area contributed by atoms with E-state index < -0.39 is 93.6 Å². The molecule has 0 nitrogen and oxygen atoms in total. The standard InChI is InChI=1S/C16F24/c17-3-1-2(4(18)6(20)5(3)19)8(21,22)10(15(35,36)37,16(38,39)40)9(13(29,30)31,14(32,33)34)7(1,11(23,24)25)12(26,27)28. The summed E-state index contributed by atoms with van der Waals surface area (Å²) in [6.07, 6.45) is -55.9. The molecule has 24 heteroatoms. The van der Waals surface area contributed by atoms with Gasteiger partial charge in [-0.3, -0.25) is 0 Å². The van der Waals surface area contributed by atoms with E-state index in [1.807, 2.05) is 0 Å². The van der Waals surface area contributed by atoms with E-state index in [1.165, 1.54) is 0 Å². The molecule has 1 aromatic carbocycles. The molecule has 0 N–H and O–H groups in total. The van der Waals surface area contributed by atoms with Crippen molar-refractivity contribution in [3.8, 4) is 0 Å². The van der Waals surface area contributed by atoms with Crippen LogP contribution in [-0.2, 0) is 11.3 Å². The Morgan fingerprint density at radius 2 is 0.575 bits per heavy atom. The Balaban J connectivity index is 4.02. The first kappa shape index (κ1) is 33.7. The highest BCUT2D eigenvalue weighted by atomic mass is 19.4. The Hall–Kier alpha value is -2.46. The lowest BCUT2D eigenvalue weighted by Gasteiger charge is -2.64.